The van der Waals surface area contributed by atoms with Gasteiger partial charge in [-0.3, -0.25) is 4.98 Å². The third-order valence-corrected chi connectivity index (χ3v) is 3.75. The van der Waals surface area contributed by atoms with Crippen molar-refractivity contribution in [2.75, 3.05) is 6.54 Å². The fraction of sp³-hybridized carbons (Fsp3) is 0.400. The van der Waals surface area contributed by atoms with Gasteiger partial charge in [0.2, 0.25) is 0 Å². The number of nitrogens with one attached hydrogen (secondary N) is 2. The molecule has 2 rings (SSSR count). The summed E-state index contributed by atoms with van der Waals surface area (Å²) < 4.78 is 0. The maximum absolute atomic E-state index is 4.70. The first-order valence-corrected chi connectivity index (χ1v) is 8.67. The van der Waals surface area contributed by atoms with Crippen molar-refractivity contribution < 1.29 is 0 Å². The maximum atomic E-state index is 4.70. The molecule has 1 aromatic heterocycles. The molecule has 0 fully saturated rings. The van der Waals surface area contributed by atoms with Gasteiger partial charge >= 0.3 is 0 Å². The summed E-state index contributed by atoms with van der Waals surface area (Å²) in [5.41, 5.74) is 4.54. The van der Waals surface area contributed by atoms with Gasteiger partial charge in [0.25, 0.3) is 0 Å². The van der Waals surface area contributed by atoms with Crippen LogP contribution in [0.25, 0.3) is 0 Å². The SMILES string of the molecule is CCCCNC(=NCc1ccc(C)cc1)NCc1cccc(C)n1. The van der Waals surface area contributed by atoms with E-state index in [1.807, 2.05) is 25.1 Å². The molecule has 4 heteroatoms. The molecule has 0 radical (unpaired) electrons. The monoisotopic (exact) mass is 324 g/mol. The highest BCUT2D eigenvalue weighted by Gasteiger charge is 2.01. The Bertz CT molecular complexity index is 647. The van der Waals surface area contributed by atoms with Crippen molar-refractivity contribution >= 4 is 5.96 Å². The Balaban J connectivity index is 1.97. The lowest BCUT2D eigenvalue weighted by Crippen LogP contribution is -2.37. The van der Waals surface area contributed by atoms with E-state index in [9.17, 15) is 0 Å². The molecule has 128 valence electrons. The molecule has 0 atom stereocenters. The fourth-order valence-electron chi connectivity index (χ4n) is 2.29. The highest BCUT2D eigenvalue weighted by molar-refractivity contribution is 5.79. The Labute approximate surface area is 145 Å². The Kier molecular flexibility index (Phi) is 7.27. The summed E-state index contributed by atoms with van der Waals surface area (Å²) in [5, 5.41) is 6.78. The first-order chi connectivity index (χ1) is 11.7. The average molecular weight is 324 g/mol. The molecule has 1 heterocycles. The van der Waals surface area contributed by atoms with Gasteiger partial charge in [-0.1, -0.05) is 49.2 Å². The van der Waals surface area contributed by atoms with E-state index in [0.29, 0.717) is 13.1 Å². The number of unbranched alkanes of at least 4 members (excludes halogenated alkanes) is 1. The standard InChI is InChI=1S/C20H28N4/c1-4-5-13-21-20(22-14-18-11-9-16(2)10-12-18)23-15-19-8-6-7-17(3)24-19/h6-12H,4-5,13-15H2,1-3H3,(H2,21,22,23). The van der Waals surface area contributed by atoms with Crippen LogP contribution in [0.1, 0.15) is 42.3 Å². The topological polar surface area (TPSA) is 49.3 Å². The van der Waals surface area contributed by atoms with Crippen LogP contribution >= 0.6 is 0 Å². The normalized spacial score (nSPS) is 11.4. The zero-order valence-electron chi connectivity index (χ0n) is 15.0. The van der Waals surface area contributed by atoms with Gasteiger partial charge in [0.15, 0.2) is 5.96 Å². The minimum absolute atomic E-state index is 0.670. The van der Waals surface area contributed by atoms with Crippen molar-refractivity contribution in [3.05, 3.63) is 65.0 Å². The number of pyridine rings is 1. The zero-order valence-corrected chi connectivity index (χ0v) is 15.0. The Morgan fingerprint density at radius 2 is 1.83 bits per heavy atom. The number of hydrogen-bond donors (Lipinski definition) is 2. The van der Waals surface area contributed by atoms with E-state index < -0.39 is 0 Å². The van der Waals surface area contributed by atoms with Crippen LogP contribution in [-0.4, -0.2) is 17.5 Å². The molecule has 0 unspecified atom stereocenters. The summed E-state index contributed by atoms with van der Waals surface area (Å²) in [6.45, 7) is 8.57. The quantitative estimate of drug-likeness (QED) is 0.463. The summed E-state index contributed by atoms with van der Waals surface area (Å²) in [6, 6.07) is 14.6. The van der Waals surface area contributed by atoms with E-state index in [-0.39, 0.29) is 0 Å². The predicted molar refractivity (Wildman–Crippen MR) is 101 cm³/mol. The maximum Gasteiger partial charge on any atom is 0.191 e. The summed E-state index contributed by atoms with van der Waals surface area (Å²) in [7, 11) is 0. The highest BCUT2D eigenvalue weighted by Crippen LogP contribution is 2.04. The molecular formula is C20H28N4. The molecule has 4 nitrogen and oxygen atoms in total. The zero-order chi connectivity index (χ0) is 17.2. The minimum atomic E-state index is 0.670. The van der Waals surface area contributed by atoms with Crippen LogP contribution in [0.4, 0.5) is 0 Å². The summed E-state index contributed by atoms with van der Waals surface area (Å²) in [5.74, 6) is 0.840. The van der Waals surface area contributed by atoms with Crippen molar-refractivity contribution in [1.29, 1.82) is 0 Å². The van der Waals surface area contributed by atoms with Gasteiger partial charge in [-0.25, -0.2) is 4.99 Å². The van der Waals surface area contributed by atoms with Crippen LogP contribution in [0.15, 0.2) is 47.5 Å². The van der Waals surface area contributed by atoms with E-state index in [0.717, 1.165) is 36.7 Å². The summed E-state index contributed by atoms with van der Waals surface area (Å²) in [4.78, 5) is 9.22. The third-order valence-electron chi connectivity index (χ3n) is 3.75. The molecule has 0 saturated carbocycles. The van der Waals surface area contributed by atoms with Crippen molar-refractivity contribution in [2.24, 2.45) is 4.99 Å². The highest BCUT2D eigenvalue weighted by atomic mass is 15.2. The first-order valence-electron chi connectivity index (χ1n) is 8.67. The van der Waals surface area contributed by atoms with E-state index >= 15 is 0 Å². The second-order valence-corrected chi connectivity index (χ2v) is 6.05. The molecule has 1 aromatic carbocycles. The lowest BCUT2D eigenvalue weighted by molar-refractivity contribution is 0.721. The van der Waals surface area contributed by atoms with E-state index in [2.05, 4.69) is 53.7 Å². The molecule has 0 amide bonds. The summed E-state index contributed by atoms with van der Waals surface area (Å²) in [6.07, 6.45) is 2.30. The van der Waals surface area contributed by atoms with Gasteiger partial charge in [-0.2, -0.15) is 0 Å². The van der Waals surface area contributed by atoms with E-state index in [1.54, 1.807) is 0 Å². The lowest BCUT2D eigenvalue weighted by atomic mass is 10.1. The largest absolute Gasteiger partial charge is 0.356 e. The molecule has 0 aliphatic rings. The number of hydrogen-bond acceptors (Lipinski definition) is 2. The van der Waals surface area contributed by atoms with Crippen molar-refractivity contribution in [1.82, 2.24) is 15.6 Å². The fourth-order valence-corrected chi connectivity index (χ4v) is 2.29. The number of nitrogens with zero attached hydrogens (tertiary/aromatic N) is 2. The van der Waals surface area contributed by atoms with Gasteiger partial charge in [-0.15, -0.1) is 0 Å². The second-order valence-electron chi connectivity index (χ2n) is 6.05. The van der Waals surface area contributed by atoms with Crippen LogP contribution in [0.5, 0.6) is 0 Å². The molecule has 0 bridgehead atoms. The molecule has 2 N–H and O–H groups in total. The van der Waals surface area contributed by atoms with Crippen molar-refractivity contribution in [2.45, 2.75) is 46.7 Å². The number of benzene rings is 1. The predicted octanol–water partition coefficient (Wildman–Crippen LogP) is 3.73. The molecule has 0 aliphatic heterocycles. The second kappa shape index (κ2) is 9.71. The van der Waals surface area contributed by atoms with E-state index in [1.165, 1.54) is 11.1 Å². The van der Waals surface area contributed by atoms with Gasteiger partial charge in [0.1, 0.15) is 0 Å². The number of guanidine groups is 1. The first kappa shape index (κ1) is 18.0. The Hall–Kier alpha value is -2.36. The van der Waals surface area contributed by atoms with Crippen molar-refractivity contribution in [3.8, 4) is 0 Å². The Morgan fingerprint density at radius 3 is 2.54 bits per heavy atom. The van der Waals surface area contributed by atoms with Crippen LogP contribution in [-0.2, 0) is 13.1 Å². The van der Waals surface area contributed by atoms with Gasteiger partial charge < -0.3 is 10.6 Å². The molecule has 2 aromatic rings. The lowest BCUT2D eigenvalue weighted by Gasteiger charge is -2.12. The summed E-state index contributed by atoms with van der Waals surface area (Å²) >= 11 is 0. The molecular weight excluding hydrogens is 296 g/mol. The Morgan fingerprint density at radius 1 is 1.04 bits per heavy atom. The average Bonchev–Trinajstić information content (AvgIpc) is 2.58. The van der Waals surface area contributed by atoms with E-state index in [4.69, 9.17) is 4.99 Å². The van der Waals surface area contributed by atoms with Crippen LogP contribution in [0.2, 0.25) is 0 Å². The smallest absolute Gasteiger partial charge is 0.191 e. The van der Waals surface area contributed by atoms with Crippen LogP contribution in [0, 0.1) is 13.8 Å². The number of aromatic nitrogens is 1. The third kappa shape index (κ3) is 6.41. The van der Waals surface area contributed by atoms with Crippen LogP contribution in [0.3, 0.4) is 0 Å². The molecule has 0 aliphatic carbocycles. The number of rotatable bonds is 7. The van der Waals surface area contributed by atoms with Gasteiger partial charge in [-0.05, 0) is 38.0 Å². The van der Waals surface area contributed by atoms with Gasteiger partial charge in [0, 0.05) is 12.2 Å². The van der Waals surface area contributed by atoms with Crippen LogP contribution < -0.4 is 10.6 Å². The van der Waals surface area contributed by atoms with Gasteiger partial charge in [0.05, 0.1) is 18.8 Å². The van der Waals surface area contributed by atoms with Crippen molar-refractivity contribution in [3.63, 3.8) is 0 Å². The molecule has 0 spiro atoms. The number of aliphatic imine (C=N–C) groups is 1. The molecule has 0 saturated heterocycles. The number of aryl methyl sites for hydroxylation is 2. The molecule has 24 heavy (non-hydrogen) atoms. The minimum Gasteiger partial charge on any atom is -0.356 e.